The van der Waals surface area contributed by atoms with Crippen molar-refractivity contribution in [2.75, 3.05) is 6.54 Å². The molecule has 0 aliphatic carbocycles. The fourth-order valence-corrected chi connectivity index (χ4v) is 1.82. The van der Waals surface area contributed by atoms with Crippen LogP contribution in [0.3, 0.4) is 0 Å². The van der Waals surface area contributed by atoms with E-state index in [1.165, 1.54) is 0 Å². The van der Waals surface area contributed by atoms with Crippen LogP contribution in [-0.2, 0) is 0 Å². The summed E-state index contributed by atoms with van der Waals surface area (Å²) in [6.45, 7) is 4.57. The number of benzene rings is 1. The zero-order valence-corrected chi connectivity index (χ0v) is 10.1. The van der Waals surface area contributed by atoms with Crippen LogP contribution >= 0.6 is 0 Å². The topological polar surface area (TPSA) is 101 Å². The van der Waals surface area contributed by atoms with Crippen molar-refractivity contribution < 1.29 is 0 Å². The molecule has 1 heterocycles. The summed E-state index contributed by atoms with van der Waals surface area (Å²) in [7, 11) is 0. The van der Waals surface area contributed by atoms with Crippen molar-refractivity contribution in [2.45, 2.75) is 19.9 Å². The van der Waals surface area contributed by atoms with E-state index in [9.17, 15) is 4.79 Å². The third-order valence-electron chi connectivity index (χ3n) is 3.27. The van der Waals surface area contributed by atoms with Crippen LogP contribution in [0.15, 0.2) is 23.0 Å². The van der Waals surface area contributed by atoms with Gasteiger partial charge in [-0.15, -0.1) is 0 Å². The molecule has 1 aromatic heterocycles. The molecular formula is C12H18N4O. The van der Waals surface area contributed by atoms with Crippen molar-refractivity contribution in [3.63, 3.8) is 0 Å². The minimum absolute atomic E-state index is 0.157. The Morgan fingerprint density at radius 3 is 2.59 bits per heavy atom. The smallest absolute Gasteiger partial charge is 0.323 e. The molecule has 1 unspecified atom stereocenters. The van der Waals surface area contributed by atoms with E-state index < -0.39 is 0 Å². The summed E-state index contributed by atoms with van der Waals surface area (Å²) in [6.07, 6.45) is 0. The fraction of sp³-hybridized carbons (Fsp3) is 0.417. The monoisotopic (exact) mass is 234 g/mol. The van der Waals surface area contributed by atoms with E-state index in [1.54, 1.807) is 0 Å². The van der Waals surface area contributed by atoms with Crippen molar-refractivity contribution in [3.8, 4) is 0 Å². The van der Waals surface area contributed by atoms with Gasteiger partial charge in [0.05, 0.1) is 11.0 Å². The Hall–Kier alpha value is -1.59. The molecule has 17 heavy (non-hydrogen) atoms. The second kappa shape index (κ2) is 4.01. The number of aromatic amines is 2. The molecule has 0 saturated heterocycles. The van der Waals surface area contributed by atoms with Gasteiger partial charge in [-0.2, -0.15) is 0 Å². The average Bonchev–Trinajstić information content (AvgIpc) is 2.66. The maximum absolute atomic E-state index is 11.2. The highest BCUT2D eigenvalue weighted by Gasteiger charge is 2.26. The second-order valence-corrected chi connectivity index (χ2v) is 5.05. The van der Waals surface area contributed by atoms with Gasteiger partial charge in [-0.1, -0.05) is 19.9 Å². The Bertz CT molecular complexity index is 581. The lowest BCUT2D eigenvalue weighted by Crippen LogP contribution is -2.35. The molecule has 0 radical (unpaired) electrons. The van der Waals surface area contributed by atoms with E-state index in [-0.39, 0.29) is 17.1 Å². The van der Waals surface area contributed by atoms with Gasteiger partial charge in [-0.3, -0.25) is 0 Å². The number of H-pyrrole nitrogens is 2. The first-order valence-corrected chi connectivity index (χ1v) is 5.61. The fourth-order valence-electron chi connectivity index (χ4n) is 1.82. The molecule has 5 nitrogen and oxygen atoms in total. The molecule has 0 amide bonds. The molecule has 0 fully saturated rings. The van der Waals surface area contributed by atoms with E-state index in [2.05, 4.69) is 9.97 Å². The molecule has 0 bridgehead atoms. The molecule has 1 atom stereocenters. The Morgan fingerprint density at radius 2 is 1.94 bits per heavy atom. The molecule has 1 aromatic carbocycles. The third kappa shape index (κ3) is 2.11. The van der Waals surface area contributed by atoms with Crippen molar-refractivity contribution in [1.82, 2.24) is 9.97 Å². The summed E-state index contributed by atoms with van der Waals surface area (Å²) in [6, 6.07) is 5.52. The Morgan fingerprint density at radius 1 is 1.29 bits per heavy atom. The summed E-state index contributed by atoms with van der Waals surface area (Å²) in [5.41, 5.74) is 14.1. The van der Waals surface area contributed by atoms with Gasteiger partial charge in [-0.25, -0.2) is 4.79 Å². The van der Waals surface area contributed by atoms with Crippen molar-refractivity contribution in [2.24, 2.45) is 16.9 Å². The predicted octanol–water partition coefficient (Wildman–Crippen LogP) is 0.841. The zero-order chi connectivity index (χ0) is 12.6. The first-order chi connectivity index (χ1) is 7.94. The lowest BCUT2D eigenvalue weighted by molar-refractivity contribution is 0.301. The number of hydrogen-bond donors (Lipinski definition) is 4. The Labute approximate surface area is 99.2 Å². The first kappa shape index (κ1) is 11.9. The number of aromatic nitrogens is 2. The van der Waals surface area contributed by atoms with Crippen LogP contribution in [0.25, 0.3) is 11.0 Å². The lowest BCUT2D eigenvalue weighted by Gasteiger charge is -2.30. The molecular weight excluding hydrogens is 216 g/mol. The number of fused-ring (bicyclic) bond motifs is 1. The lowest BCUT2D eigenvalue weighted by atomic mass is 9.81. The zero-order valence-electron chi connectivity index (χ0n) is 10.1. The third-order valence-corrected chi connectivity index (χ3v) is 3.27. The highest BCUT2D eigenvalue weighted by molar-refractivity contribution is 5.75. The van der Waals surface area contributed by atoms with E-state index in [1.807, 2.05) is 32.0 Å². The quantitative estimate of drug-likeness (QED) is 0.633. The standard InChI is InChI=1S/C12H18N4O/c1-12(2,6-13)10(14)7-3-4-8-9(5-7)16-11(17)15-8/h3-5,10H,6,13-14H2,1-2H3,(H2,15,16,17). The SMILES string of the molecule is CC(C)(CN)C(N)c1ccc2[nH]c(=O)[nH]c2c1. The van der Waals surface area contributed by atoms with Gasteiger partial charge >= 0.3 is 5.69 Å². The molecule has 0 aliphatic heterocycles. The van der Waals surface area contributed by atoms with Crippen LogP contribution in [0.2, 0.25) is 0 Å². The molecule has 0 aliphatic rings. The highest BCUT2D eigenvalue weighted by Crippen LogP contribution is 2.30. The molecule has 2 rings (SSSR count). The number of imidazole rings is 1. The largest absolute Gasteiger partial charge is 0.330 e. The van der Waals surface area contributed by atoms with Crippen molar-refractivity contribution in [3.05, 3.63) is 34.2 Å². The minimum Gasteiger partial charge on any atom is -0.330 e. The normalized spacial score (nSPS) is 14.1. The van der Waals surface area contributed by atoms with Crippen LogP contribution in [-0.4, -0.2) is 16.5 Å². The van der Waals surface area contributed by atoms with Crippen LogP contribution in [0.5, 0.6) is 0 Å². The number of nitrogens with one attached hydrogen (secondary N) is 2. The predicted molar refractivity (Wildman–Crippen MR) is 68.7 cm³/mol. The van der Waals surface area contributed by atoms with Crippen molar-refractivity contribution in [1.29, 1.82) is 0 Å². The number of hydrogen-bond acceptors (Lipinski definition) is 3. The molecule has 2 aromatic rings. The minimum atomic E-state index is -0.205. The summed E-state index contributed by atoms with van der Waals surface area (Å²) >= 11 is 0. The van der Waals surface area contributed by atoms with Gasteiger partial charge in [-0.05, 0) is 29.7 Å². The Balaban J connectivity index is 2.45. The van der Waals surface area contributed by atoms with E-state index >= 15 is 0 Å². The molecule has 92 valence electrons. The van der Waals surface area contributed by atoms with Crippen LogP contribution in [0.4, 0.5) is 0 Å². The van der Waals surface area contributed by atoms with Gasteiger partial charge in [0.15, 0.2) is 0 Å². The second-order valence-electron chi connectivity index (χ2n) is 5.05. The van der Waals surface area contributed by atoms with Gasteiger partial charge in [0.2, 0.25) is 0 Å². The maximum atomic E-state index is 11.2. The summed E-state index contributed by atoms with van der Waals surface area (Å²) < 4.78 is 0. The van der Waals surface area contributed by atoms with Gasteiger partial charge in [0, 0.05) is 6.04 Å². The van der Waals surface area contributed by atoms with E-state index in [4.69, 9.17) is 11.5 Å². The Kier molecular flexibility index (Phi) is 2.81. The van der Waals surface area contributed by atoms with Crippen molar-refractivity contribution >= 4 is 11.0 Å². The van der Waals surface area contributed by atoms with Crippen LogP contribution in [0, 0.1) is 5.41 Å². The molecule has 0 spiro atoms. The average molecular weight is 234 g/mol. The number of rotatable bonds is 3. The van der Waals surface area contributed by atoms with Crippen LogP contribution in [0.1, 0.15) is 25.5 Å². The summed E-state index contributed by atoms with van der Waals surface area (Å²) in [5, 5.41) is 0. The number of nitrogens with two attached hydrogens (primary N) is 2. The van der Waals surface area contributed by atoms with Gasteiger partial charge < -0.3 is 21.4 Å². The molecule has 6 N–H and O–H groups in total. The molecule has 0 saturated carbocycles. The summed E-state index contributed by atoms with van der Waals surface area (Å²) in [5.74, 6) is 0. The van der Waals surface area contributed by atoms with Crippen LogP contribution < -0.4 is 17.2 Å². The van der Waals surface area contributed by atoms with Gasteiger partial charge in [0.1, 0.15) is 0 Å². The highest BCUT2D eigenvalue weighted by atomic mass is 16.1. The van der Waals surface area contributed by atoms with Gasteiger partial charge in [0.25, 0.3) is 0 Å². The first-order valence-electron chi connectivity index (χ1n) is 5.61. The van der Waals surface area contributed by atoms with E-state index in [0.29, 0.717) is 6.54 Å². The van der Waals surface area contributed by atoms with E-state index in [0.717, 1.165) is 16.6 Å². The molecule has 5 heteroatoms. The maximum Gasteiger partial charge on any atom is 0.323 e. The summed E-state index contributed by atoms with van der Waals surface area (Å²) in [4.78, 5) is 16.6.